The molecule has 0 saturated carbocycles. The summed E-state index contributed by atoms with van der Waals surface area (Å²) in [4.78, 5) is 25.0. The number of nitro benzene ring substituents is 1. The van der Waals surface area contributed by atoms with E-state index >= 15 is 0 Å². The number of hydrogen-bond donors (Lipinski definition) is 1. The van der Waals surface area contributed by atoms with Crippen molar-refractivity contribution in [3.05, 3.63) is 33.9 Å². The lowest BCUT2D eigenvalue weighted by Gasteiger charge is -2.35. The predicted octanol–water partition coefficient (Wildman–Crippen LogP) is 1.95. The van der Waals surface area contributed by atoms with Crippen LogP contribution in [0.5, 0.6) is 5.75 Å². The van der Waals surface area contributed by atoms with E-state index in [2.05, 4.69) is 0 Å². The normalized spacial score (nSPS) is 18.1. The van der Waals surface area contributed by atoms with Crippen molar-refractivity contribution in [1.82, 2.24) is 4.90 Å². The van der Waals surface area contributed by atoms with Gasteiger partial charge in [-0.15, -0.1) is 0 Å². The van der Waals surface area contributed by atoms with E-state index in [1.165, 1.54) is 12.1 Å². The van der Waals surface area contributed by atoms with Crippen LogP contribution in [0, 0.1) is 10.1 Å². The standard InChI is InChI=1S/C15H21N3O4/c1-2-22-14-7-6-11(9-13(14)18(20)21)15(19)17-8-4-3-5-12(17)10-16/h6-7,9,12H,2-5,8,10,16H2,1H3. The van der Waals surface area contributed by atoms with Gasteiger partial charge in [-0.2, -0.15) is 0 Å². The lowest BCUT2D eigenvalue weighted by atomic mass is 10.0. The molecule has 0 radical (unpaired) electrons. The van der Waals surface area contributed by atoms with Crippen LogP contribution in [0.2, 0.25) is 0 Å². The first-order valence-electron chi connectivity index (χ1n) is 7.50. The minimum atomic E-state index is -0.529. The monoisotopic (exact) mass is 307 g/mol. The maximum Gasteiger partial charge on any atom is 0.311 e. The highest BCUT2D eigenvalue weighted by molar-refractivity contribution is 5.95. The Balaban J connectivity index is 2.29. The first-order valence-corrected chi connectivity index (χ1v) is 7.50. The molecule has 7 heteroatoms. The SMILES string of the molecule is CCOc1ccc(C(=O)N2CCCCC2CN)cc1[N+](=O)[O-]. The number of hydrogen-bond acceptors (Lipinski definition) is 5. The first kappa shape index (κ1) is 16.2. The summed E-state index contributed by atoms with van der Waals surface area (Å²) < 4.78 is 5.23. The molecule has 2 rings (SSSR count). The fourth-order valence-electron chi connectivity index (χ4n) is 2.75. The third-order valence-corrected chi connectivity index (χ3v) is 3.86. The van der Waals surface area contributed by atoms with Crippen molar-refractivity contribution in [2.24, 2.45) is 5.73 Å². The Hall–Kier alpha value is -2.15. The van der Waals surface area contributed by atoms with Crippen molar-refractivity contribution >= 4 is 11.6 Å². The maximum atomic E-state index is 12.6. The Labute approximate surface area is 129 Å². The fraction of sp³-hybridized carbons (Fsp3) is 0.533. The van der Waals surface area contributed by atoms with Crippen LogP contribution >= 0.6 is 0 Å². The molecule has 0 aliphatic carbocycles. The summed E-state index contributed by atoms with van der Waals surface area (Å²) >= 11 is 0. The molecule has 1 heterocycles. The number of amides is 1. The second-order valence-corrected chi connectivity index (χ2v) is 5.26. The van der Waals surface area contributed by atoms with Crippen molar-refractivity contribution in [1.29, 1.82) is 0 Å². The van der Waals surface area contributed by atoms with E-state index < -0.39 is 4.92 Å². The quantitative estimate of drug-likeness (QED) is 0.662. The largest absolute Gasteiger partial charge is 0.487 e. The van der Waals surface area contributed by atoms with Crippen LogP contribution in [0.1, 0.15) is 36.5 Å². The van der Waals surface area contributed by atoms with E-state index in [1.54, 1.807) is 17.9 Å². The van der Waals surface area contributed by atoms with Crippen molar-refractivity contribution < 1.29 is 14.5 Å². The Morgan fingerprint density at radius 1 is 1.50 bits per heavy atom. The smallest absolute Gasteiger partial charge is 0.311 e. The number of carbonyl (C=O) groups is 1. The average molecular weight is 307 g/mol. The number of nitrogens with zero attached hydrogens (tertiary/aromatic N) is 2. The van der Waals surface area contributed by atoms with Crippen molar-refractivity contribution in [2.75, 3.05) is 19.7 Å². The van der Waals surface area contributed by atoms with E-state index in [0.29, 0.717) is 25.3 Å². The van der Waals surface area contributed by atoms with Crippen molar-refractivity contribution in [3.8, 4) is 5.75 Å². The molecule has 1 amide bonds. The first-order chi connectivity index (χ1) is 10.6. The van der Waals surface area contributed by atoms with Crippen LogP contribution in [-0.4, -0.2) is 41.5 Å². The fourth-order valence-corrected chi connectivity index (χ4v) is 2.75. The number of likely N-dealkylation sites (tertiary alicyclic amines) is 1. The van der Waals surface area contributed by atoms with Gasteiger partial charge in [-0.3, -0.25) is 14.9 Å². The van der Waals surface area contributed by atoms with Gasteiger partial charge in [0, 0.05) is 30.8 Å². The molecule has 7 nitrogen and oxygen atoms in total. The van der Waals surface area contributed by atoms with Crippen LogP contribution in [0.25, 0.3) is 0 Å². The van der Waals surface area contributed by atoms with E-state index in [9.17, 15) is 14.9 Å². The highest BCUT2D eigenvalue weighted by atomic mass is 16.6. The molecular formula is C15H21N3O4. The summed E-state index contributed by atoms with van der Waals surface area (Å²) in [5.41, 5.74) is 5.84. The molecule has 0 aromatic heterocycles. The van der Waals surface area contributed by atoms with E-state index in [4.69, 9.17) is 10.5 Å². The summed E-state index contributed by atoms with van der Waals surface area (Å²) in [5.74, 6) is -0.0284. The number of nitro groups is 1. The van der Waals surface area contributed by atoms with Gasteiger partial charge in [-0.05, 0) is 38.3 Å². The predicted molar refractivity (Wildman–Crippen MR) is 82.0 cm³/mol. The molecule has 22 heavy (non-hydrogen) atoms. The van der Waals surface area contributed by atoms with Gasteiger partial charge >= 0.3 is 5.69 Å². The Kier molecular flexibility index (Phi) is 5.32. The summed E-state index contributed by atoms with van der Waals surface area (Å²) in [6.07, 6.45) is 2.86. The van der Waals surface area contributed by atoms with Gasteiger partial charge in [-0.25, -0.2) is 0 Å². The molecular weight excluding hydrogens is 286 g/mol. The summed E-state index contributed by atoms with van der Waals surface area (Å²) in [7, 11) is 0. The van der Waals surface area contributed by atoms with Crippen LogP contribution in [0.15, 0.2) is 18.2 Å². The lowest BCUT2D eigenvalue weighted by molar-refractivity contribution is -0.385. The summed E-state index contributed by atoms with van der Waals surface area (Å²) in [6.45, 7) is 3.13. The highest BCUT2D eigenvalue weighted by Gasteiger charge is 2.28. The molecule has 1 saturated heterocycles. The van der Waals surface area contributed by atoms with Gasteiger partial charge < -0.3 is 15.4 Å². The van der Waals surface area contributed by atoms with E-state index in [1.807, 2.05) is 0 Å². The number of nitrogens with two attached hydrogens (primary N) is 1. The zero-order valence-electron chi connectivity index (χ0n) is 12.7. The molecule has 1 aliphatic rings. The molecule has 0 bridgehead atoms. The Morgan fingerprint density at radius 3 is 2.91 bits per heavy atom. The molecule has 2 N–H and O–H groups in total. The lowest BCUT2D eigenvalue weighted by Crippen LogP contribution is -2.47. The molecule has 1 unspecified atom stereocenters. The van der Waals surface area contributed by atoms with Gasteiger partial charge in [0.1, 0.15) is 0 Å². The van der Waals surface area contributed by atoms with Crippen LogP contribution in [0.4, 0.5) is 5.69 Å². The third kappa shape index (κ3) is 3.36. The molecule has 1 aromatic carbocycles. The van der Waals surface area contributed by atoms with Gasteiger partial charge in [0.25, 0.3) is 5.91 Å². The van der Waals surface area contributed by atoms with E-state index in [-0.39, 0.29) is 23.4 Å². The number of rotatable bonds is 5. The van der Waals surface area contributed by atoms with E-state index in [0.717, 1.165) is 19.3 Å². The molecule has 1 atom stereocenters. The second kappa shape index (κ2) is 7.22. The van der Waals surface area contributed by atoms with Crippen LogP contribution < -0.4 is 10.5 Å². The van der Waals surface area contributed by atoms with Gasteiger partial charge in [0.15, 0.2) is 5.75 Å². The zero-order chi connectivity index (χ0) is 16.1. The number of benzene rings is 1. The van der Waals surface area contributed by atoms with Crippen LogP contribution in [-0.2, 0) is 0 Å². The minimum Gasteiger partial charge on any atom is -0.487 e. The highest BCUT2D eigenvalue weighted by Crippen LogP contribution is 2.29. The maximum absolute atomic E-state index is 12.6. The number of ether oxygens (including phenoxy) is 1. The molecule has 1 aromatic rings. The summed E-state index contributed by atoms with van der Waals surface area (Å²) in [5, 5.41) is 11.1. The Bertz CT molecular complexity index is 562. The third-order valence-electron chi connectivity index (χ3n) is 3.86. The molecule has 1 fully saturated rings. The molecule has 1 aliphatic heterocycles. The number of carbonyl (C=O) groups excluding carboxylic acids is 1. The van der Waals surface area contributed by atoms with Gasteiger partial charge in [-0.1, -0.05) is 0 Å². The second-order valence-electron chi connectivity index (χ2n) is 5.26. The summed E-state index contributed by atoms with van der Waals surface area (Å²) in [6, 6.07) is 4.35. The van der Waals surface area contributed by atoms with Crippen molar-refractivity contribution in [3.63, 3.8) is 0 Å². The van der Waals surface area contributed by atoms with Crippen molar-refractivity contribution in [2.45, 2.75) is 32.2 Å². The topological polar surface area (TPSA) is 98.7 Å². The van der Waals surface area contributed by atoms with Crippen LogP contribution in [0.3, 0.4) is 0 Å². The molecule has 0 spiro atoms. The Morgan fingerprint density at radius 2 is 2.27 bits per heavy atom. The minimum absolute atomic E-state index is 0.00637. The van der Waals surface area contributed by atoms with Gasteiger partial charge in [0.05, 0.1) is 11.5 Å². The zero-order valence-corrected chi connectivity index (χ0v) is 12.7. The average Bonchev–Trinajstić information content (AvgIpc) is 2.54. The van der Waals surface area contributed by atoms with Gasteiger partial charge in [0.2, 0.25) is 0 Å². The molecule has 120 valence electrons. The number of piperidine rings is 1.